The SMILES string of the molecule is CNc1nc(NC2(C(F)(F)F)CC2)cc(C(F)(F)F)n1. The lowest BCUT2D eigenvalue weighted by Gasteiger charge is -2.22. The molecule has 2 rings (SSSR count). The van der Waals surface area contributed by atoms with E-state index < -0.39 is 35.4 Å². The Balaban J connectivity index is 2.33. The van der Waals surface area contributed by atoms with E-state index in [4.69, 9.17) is 0 Å². The summed E-state index contributed by atoms with van der Waals surface area (Å²) in [5, 5.41) is 4.32. The van der Waals surface area contributed by atoms with Crippen molar-refractivity contribution in [2.45, 2.75) is 30.7 Å². The standard InChI is InChI=1S/C10H10F6N4/c1-17-7-18-5(9(11,12)13)4-6(19-7)20-8(2-3-8)10(14,15)16/h4H,2-3H2,1H3,(H2,17,18,19,20). The molecule has 0 spiro atoms. The van der Waals surface area contributed by atoms with Crippen LogP contribution in [0.25, 0.3) is 0 Å². The largest absolute Gasteiger partial charge is 0.433 e. The van der Waals surface area contributed by atoms with Gasteiger partial charge in [-0.05, 0) is 12.8 Å². The van der Waals surface area contributed by atoms with Crippen LogP contribution in [0.3, 0.4) is 0 Å². The third-order valence-electron chi connectivity index (χ3n) is 2.90. The Morgan fingerprint density at radius 2 is 1.70 bits per heavy atom. The zero-order valence-corrected chi connectivity index (χ0v) is 10.2. The summed E-state index contributed by atoms with van der Waals surface area (Å²) in [5.74, 6) is -0.910. The van der Waals surface area contributed by atoms with Crippen molar-refractivity contribution >= 4 is 11.8 Å². The first kappa shape index (κ1) is 14.7. The minimum absolute atomic E-state index is 0.198. The van der Waals surface area contributed by atoms with E-state index in [1.165, 1.54) is 7.05 Å². The van der Waals surface area contributed by atoms with Gasteiger partial charge in [0.2, 0.25) is 5.95 Å². The van der Waals surface area contributed by atoms with Crippen LogP contribution in [0.15, 0.2) is 6.07 Å². The fraction of sp³-hybridized carbons (Fsp3) is 0.600. The van der Waals surface area contributed by atoms with Crippen LogP contribution in [-0.2, 0) is 6.18 Å². The molecule has 0 saturated heterocycles. The predicted octanol–water partition coefficient (Wildman–Crippen LogP) is 3.04. The van der Waals surface area contributed by atoms with Crippen molar-refractivity contribution in [3.8, 4) is 0 Å². The third-order valence-corrected chi connectivity index (χ3v) is 2.90. The van der Waals surface area contributed by atoms with Gasteiger partial charge in [-0.25, -0.2) is 4.98 Å². The van der Waals surface area contributed by atoms with Crippen molar-refractivity contribution in [1.82, 2.24) is 9.97 Å². The maximum atomic E-state index is 12.8. The van der Waals surface area contributed by atoms with E-state index >= 15 is 0 Å². The van der Waals surface area contributed by atoms with Crippen LogP contribution < -0.4 is 10.6 Å². The lowest BCUT2D eigenvalue weighted by atomic mass is 10.2. The summed E-state index contributed by atoms with van der Waals surface area (Å²) in [5.41, 5.74) is -3.49. The molecule has 1 aliphatic rings. The van der Waals surface area contributed by atoms with E-state index in [1.54, 1.807) is 0 Å². The molecule has 1 heterocycles. The van der Waals surface area contributed by atoms with Gasteiger partial charge in [-0.2, -0.15) is 31.3 Å². The molecule has 0 bridgehead atoms. The number of aromatic nitrogens is 2. The summed E-state index contributed by atoms with van der Waals surface area (Å²) in [7, 11) is 1.27. The molecule has 1 fully saturated rings. The fourth-order valence-corrected chi connectivity index (χ4v) is 1.62. The topological polar surface area (TPSA) is 49.8 Å². The van der Waals surface area contributed by atoms with E-state index in [0.29, 0.717) is 6.07 Å². The summed E-state index contributed by atoms with van der Waals surface area (Å²) in [6.45, 7) is 0. The maximum Gasteiger partial charge on any atom is 0.433 e. The molecule has 1 aromatic heterocycles. The highest BCUT2D eigenvalue weighted by Gasteiger charge is 2.63. The molecule has 1 aromatic rings. The van der Waals surface area contributed by atoms with Gasteiger partial charge < -0.3 is 10.6 Å². The molecule has 1 saturated carbocycles. The van der Waals surface area contributed by atoms with Crippen LogP contribution in [0.2, 0.25) is 0 Å². The number of hydrogen-bond donors (Lipinski definition) is 2. The van der Waals surface area contributed by atoms with Crippen LogP contribution in [0.4, 0.5) is 38.1 Å². The second kappa shape index (κ2) is 4.38. The Labute approximate surface area is 109 Å². The number of halogens is 6. The van der Waals surface area contributed by atoms with Crippen molar-refractivity contribution in [2.24, 2.45) is 0 Å². The Kier molecular flexibility index (Phi) is 3.22. The molecule has 20 heavy (non-hydrogen) atoms. The maximum absolute atomic E-state index is 12.8. The normalized spacial score (nSPS) is 17.8. The van der Waals surface area contributed by atoms with Gasteiger partial charge in [-0.15, -0.1) is 0 Å². The van der Waals surface area contributed by atoms with E-state index in [2.05, 4.69) is 15.3 Å². The third kappa shape index (κ3) is 2.73. The van der Waals surface area contributed by atoms with Crippen molar-refractivity contribution in [3.63, 3.8) is 0 Å². The average molecular weight is 300 g/mol. The number of nitrogens with one attached hydrogen (secondary N) is 2. The first-order valence-electron chi connectivity index (χ1n) is 5.56. The van der Waals surface area contributed by atoms with E-state index in [0.717, 1.165) is 0 Å². The van der Waals surface area contributed by atoms with Crippen LogP contribution in [0.1, 0.15) is 18.5 Å². The van der Waals surface area contributed by atoms with Crippen molar-refractivity contribution in [2.75, 3.05) is 17.7 Å². The summed E-state index contributed by atoms with van der Waals surface area (Å²) >= 11 is 0. The number of anilines is 2. The molecule has 0 aromatic carbocycles. The Bertz CT molecular complexity index is 505. The van der Waals surface area contributed by atoms with Crippen molar-refractivity contribution in [3.05, 3.63) is 11.8 Å². The van der Waals surface area contributed by atoms with Gasteiger partial charge >= 0.3 is 12.4 Å². The van der Waals surface area contributed by atoms with Crippen molar-refractivity contribution < 1.29 is 26.3 Å². The van der Waals surface area contributed by atoms with Gasteiger partial charge in [0.25, 0.3) is 0 Å². The molecule has 1 aliphatic carbocycles. The zero-order valence-electron chi connectivity index (χ0n) is 10.2. The van der Waals surface area contributed by atoms with Crippen molar-refractivity contribution in [1.29, 1.82) is 0 Å². The van der Waals surface area contributed by atoms with E-state index in [9.17, 15) is 26.3 Å². The minimum Gasteiger partial charge on any atom is -0.357 e. The van der Waals surface area contributed by atoms with Gasteiger partial charge in [0.15, 0.2) is 5.69 Å². The number of hydrogen-bond acceptors (Lipinski definition) is 4. The number of nitrogens with zero attached hydrogens (tertiary/aromatic N) is 2. The zero-order chi connectivity index (χ0) is 15.2. The highest BCUT2D eigenvalue weighted by Crippen LogP contribution is 2.51. The van der Waals surface area contributed by atoms with Crippen LogP contribution >= 0.6 is 0 Å². The van der Waals surface area contributed by atoms with Crippen LogP contribution in [0, 0.1) is 0 Å². The highest BCUT2D eigenvalue weighted by molar-refractivity contribution is 5.47. The summed E-state index contributed by atoms with van der Waals surface area (Å²) in [6.07, 6.45) is -9.70. The molecule has 10 heteroatoms. The monoisotopic (exact) mass is 300 g/mol. The quantitative estimate of drug-likeness (QED) is 0.842. The summed E-state index contributed by atoms with van der Waals surface area (Å²) in [4.78, 5) is 6.74. The molecule has 112 valence electrons. The number of alkyl halides is 6. The van der Waals surface area contributed by atoms with Gasteiger partial charge in [-0.3, -0.25) is 0 Å². The Morgan fingerprint density at radius 3 is 2.10 bits per heavy atom. The fourth-order valence-electron chi connectivity index (χ4n) is 1.62. The molecule has 0 atom stereocenters. The first-order valence-corrected chi connectivity index (χ1v) is 5.56. The second-order valence-electron chi connectivity index (χ2n) is 4.41. The molecule has 2 N–H and O–H groups in total. The molecule has 0 amide bonds. The minimum atomic E-state index is -4.76. The summed E-state index contributed by atoms with van der Waals surface area (Å²) in [6, 6.07) is 0.465. The Morgan fingerprint density at radius 1 is 1.10 bits per heavy atom. The first-order chi connectivity index (χ1) is 9.07. The molecular weight excluding hydrogens is 290 g/mol. The molecular formula is C10H10F6N4. The van der Waals surface area contributed by atoms with Gasteiger partial charge in [0, 0.05) is 13.1 Å². The molecule has 0 unspecified atom stereocenters. The van der Waals surface area contributed by atoms with Gasteiger partial charge in [0.1, 0.15) is 11.4 Å². The summed E-state index contributed by atoms with van der Waals surface area (Å²) < 4.78 is 76.1. The molecule has 4 nitrogen and oxygen atoms in total. The molecule has 0 aliphatic heterocycles. The lowest BCUT2D eigenvalue weighted by Crippen LogP contribution is -2.39. The lowest BCUT2D eigenvalue weighted by molar-refractivity contribution is -0.151. The second-order valence-corrected chi connectivity index (χ2v) is 4.41. The van der Waals surface area contributed by atoms with Gasteiger partial charge in [-0.1, -0.05) is 0 Å². The smallest absolute Gasteiger partial charge is 0.357 e. The van der Waals surface area contributed by atoms with Gasteiger partial charge in [0.05, 0.1) is 0 Å². The van der Waals surface area contributed by atoms with Crippen LogP contribution in [0.5, 0.6) is 0 Å². The predicted molar refractivity (Wildman–Crippen MR) is 58.2 cm³/mol. The van der Waals surface area contributed by atoms with Crippen LogP contribution in [-0.4, -0.2) is 28.7 Å². The van der Waals surface area contributed by atoms with E-state index in [1.807, 2.05) is 5.32 Å². The Hall–Kier alpha value is -1.74. The highest BCUT2D eigenvalue weighted by atomic mass is 19.4. The average Bonchev–Trinajstić information content (AvgIpc) is 3.07. The van der Waals surface area contributed by atoms with E-state index in [-0.39, 0.29) is 12.8 Å². The molecule has 0 radical (unpaired) electrons. The number of rotatable bonds is 3.